The average Bonchev–Trinajstić information content (AvgIpc) is 3.84. The second-order valence-corrected chi connectivity index (χ2v) is 12.8. The molecule has 3 aromatic rings. The number of methoxy groups -OCH3 is 1. The zero-order valence-corrected chi connectivity index (χ0v) is 25.3. The van der Waals surface area contributed by atoms with Gasteiger partial charge >= 0.3 is 0 Å². The van der Waals surface area contributed by atoms with E-state index >= 15 is 0 Å². The van der Waals surface area contributed by atoms with Gasteiger partial charge in [-0.2, -0.15) is 0 Å². The summed E-state index contributed by atoms with van der Waals surface area (Å²) in [6.45, 7) is 7.37. The Hall–Kier alpha value is -3.38. The van der Waals surface area contributed by atoms with E-state index in [0.717, 1.165) is 49.1 Å². The Morgan fingerprint density at radius 2 is 1.83 bits per heavy atom. The largest absolute Gasteiger partial charge is 0.550 e. The number of likely N-dealkylation sites (tertiary alicyclic amines) is 1. The lowest BCUT2D eigenvalue weighted by molar-refractivity contribution is -0.311. The molecule has 0 bridgehead atoms. The van der Waals surface area contributed by atoms with Crippen molar-refractivity contribution in [2.75, 3.05) is 7.11 Å². The lowest BCUT2D eigenvalue weighted by Crippen LogP contribution is -2.43. The number of pyridine rings is 1. The maximum absolute atomic E-state index is 11.8. The highest BCUT2D eigenvalue weighted by Crippen LogP contribution is 2.48. The van der Waals surface area contributed by atoms with Crippen molar-refractivity contribution < 1.29 is 19.4 Å². The van der Waals surface area contributed by atoms with Crippen molar-refractivity contribution in [3.05, 3.63) is 77.0 Å². The number of benzene rings is 2. The molecule has 1 unspecified atom stereocenters. The minimum Gasteiger partial charge on any atom is -0.550 e. The fraction of sp³-hybridized carbons (Fsp3) is 0.500. The lowest BCUT2D eigenvalue weighted by atomic mass is 9.82. The molecule has 3 heterocycles. The number of hydrogen-bond donors (Lipinski definition) is 0. The van der Waals surface area contributed by atoms with Crippen LogP contribution in [0.2, 0.25) is 0 Å². The van der Waals surface area contributed by atoms with Crippen LogP contribution in [0.4, 0.5) is 0 Å². The van der Waals surface area contributed by atoms with Crippen LogP contribution in [0.1, 0.15) is 93.6 Å². The second-order valence-electron chi connectivity index (χ2n) is 12.8. The number of carboxylic acid groups (broad SMARTS) is 1. The van der Waals surface area contributed by atoms with Crippen LogP contribution >= 0.6 is 0 Å². The zero-order chi connectivity index (χ0) is 29.4. The molecule has 6 nitrogen and oxygen atoms in total. The van der Waals surface area contributed by atoms with E-state index in [4.69, 9.17) is 9.47 Å². The van der Waals surface area contributed by atoms with E-state index in [9.17, 15) is 9.90 Å². The summed E-state index contributed by atoms with van der Waals surface area (Å²) in [5.41, 5.74) is 7.04. The smallest absolute Gasteiger partial charge is 0.213 e. The van der Waals surface area contributed by atoms with Crippen LogP contribution in [0.15, 0.2) is 54.7 Å². The van der Waals surface area contributed by atoms with Crippen molar-refractivity contribution in [1.82, 2.24) is 9.88 Å². The first-order chi connectivity index (χ1) is 20.3. The molecule has 3 aliphatic rings. The van der Waals surface area contributed by atoms with E-state index in [2.05, 4.69) is 66.2 Å². The molecule has 2 fully saturated rings. The number of rotatable bonds is 9. The number of aromatic nitrogens is 1. The fourth-order valence-corrected chi connectivity index (χ4v) is 7.30. The monoisotopic (exact) mass is 567 g/mol. The van der Waals surface area contributed by atoms with Crippen molar-refractivity contribution in [2.45, 2.75) is 96.4 Å². The molecule has 1 saturated carbocycles. The van der Waals surface area contributed by atoms with Gasteiger partial charge in [-0.25, -0.2) is 4.98 Å². The Kier molecular flexibility index (Phi) is 8.26. The SMILES string of the molecule is COc1cc(-c2ccc(C3CCc4ccc([C@H](C5CC5)[C@H](C)C(=O)[O-])cc4O3)cc2CN2[C@@H](C)CCC[C@@H]2C)ccn1. The van der Waals surface area contributed by atoms with Crippen LogP contribution in [0.3, 0.4) is 0 Å². The van der Waals surface area contributed by atoms with Crippen LogP contribution in [0, 0.1) is 11.8 Å². The van der Waals surface area contributed by atoms with Crippen LogP contribution < -0.4 is 14.6 Å². The van der Waals surface area contributed by atoms with Gasteiger partial charge in [0, 0.05) is 42.8 Å². The van der Waals surface area contributed by atoms with Crippen molar-refractivity contribution in [3.8, 4) is 22.8 Å². The molecule has 42 heavy (non-hydrogen) atoms. The summed E-state index contributed by atoms with van der Waals surface area (Å²) in [6, 6.07) is 18.3. The Bertz CT molecular complexity index is 1420. The highest BCUT2D eigenvalue weighted by Gasteiger charge is 2.37. The summed E-state index contributed by atoms with van der Waals surface area (Å²) in [4.78, 5) is 18.8. The molecule has 0 N–H and O–H groups in total. The third-order valence-electron chi connectivity index (χ3n) is 9.95. The number of hydrogen-bond acceptors (Lipinski definition) is 6. The zero-order valence-electron chi connectivity index (χ0n) is 25.3. The van der Waals surface area contributed by atoms with E-state index in [1.54, 1.807) is 14.0 Å². The predicted octanol–water partition coefficient (Wildman–Crippen LogP) is 6.47. The van der Waals surface area contributed by atoms with Gasteiger partial charge in [-0.1, -0.05) is 43.7 Å². The van der Waals surface area contributed by atoms with Crippen molar-refractivity contribution in [3.63, 3.8) is 0 Å². The maximum Gasteiger partial charge on any atom is 0.213 e. The number of aryl methyl sites for hydroxylation is 1. The third-order valence-corrected chi connectivity index (χ3v) is 9.95. The highest BCUT2D eigenvalue weighted by atomic mass is 16.5. The molecule has 2 aromatic carbocycles. The van der Waals surface area contributed by atoms with E-state index in [-0.39, 0.29) is 12.0 Å². The summed E-state index contributed by atoms with van der Waals surface area (Å²) >= 11 is 0. The van der Waals surface area contributed by atoms with Crippen LogP contribution in [0.5, 0.6) is 11.6 Å². The first-order valence-electron chi connectivity index (χ1n) is 15.7. The minimum atomic E-state index is -0.972. The molecule has 0 radical (unpaired) electrons. The maximum atomic E-state index is 11.8. The molecule has 5 atom stereocenters. The number of carbonyl (C=O) groups is 1. The number of nitrogens with zero attached hydrogens (tertiary/aromatic N) is 2. The summed E-state index contributed by atoms with van der Waals surface area (Å²) in [7, 11) is 1.66. The van der Waals surface area contributed by atoms with Gasteiger partial charge in [-0.3, -0.25) is 4.90 Å². The van der Waals surface area contributed by atoms with Gasteiger partial charge in [0.05, 0.1) is 7.11 Å². The van der Waals surface area contributed by atoms with Gasteiger partial charge in [0.25, 0.3) is 0 Å². The second kappa shape index (κ2) is 12.1. The summed E-state index contributed by atoms with van der Waals surface area (Å²) in [6.07, 6.45) is 9.50. The van der Waals surface area contributed by atoms with Crippen molar-refractivity contribution in [1.29, 1.82) is 0 Å². The third kappa shape index (κ3) is 5.92. The number of fused-ring (bicyclic) bond motifs is 1. The molecule has 1 aromatic heterocycles. The van der Waals surface area contributed by atoms with Gasteiger partial charge in [0.1, 0.15) is 11.9 Å². The lowest BCUT2D eigenvalue weighted by Gasteiger charge is -2.39. The van der Waals surface area contributed by atoms with Crippen molar-refractivity contribution in [2.24, 2.45) is 11.8 Å². The molecular formula is C36H43N2O4-. The molecule has 1 aliphatic carbocycles. The van der Waals surface area contributed by atoms with Gasteiger partial charge in [0.2, 0.25) is 5.88 Å². The first-order valence-corrected chi connectivity index (χ1v) is 15.7. The minimum absolute atomic E-state index is 0.0268. The van der Waals surface area contributed by atoms with Crippen LogP contribution in [0.25, 0.3) is 11.1 Å². The Labute approximate surface area is 250 Å². The molecule has 6 heteroatoms. The molecule has 222 valence electrons. The predicted molar refractivity (Wildman–Crippen MR) is 162 cm³/mol. The van der Waals surface area contributed by atoms with E-state index in [1.807, 2.05) is 12.3 Å². The number of carboxylic acids is 1. The molecule has 0 amide bonds. The number of aliphatic carboxylic acids is 1. The van der Waals surface area contributed by atoms with Gasteiger partial charge < -0.3 is 19.4 Å². The molecule has 1 saturated heterocycles. The molecular weight excluding hydrogens is 524 g/mol. The molecule has 2 aliphatic heterocycles. The van der Waals surface area contributed by atoms with Gasteiger partial charge in [-0.15, -0.1) is 0 Å². The Morgan fingerprint density at radius 1 is 1.05 bits per heavy atom. The number of ether oxygens (including phenoxy) is 2. The van der Waals surface area contributed by atoms with Crippen LogP contribution in [-0.2, 0) is 17.8 Å². The summed E-state index contributed by atoms with van der Waals surface area (Å²) < 4.78 is 12.2. The summed E-state index contributed by atoms with van der Waals surface area (Å²) in [5.74, 6) is 0.403. The van der Waals surface area contributed by atoms with E-state index in [1.165, 1.54) is 41.5 Å². The topological polar surface area (TPSA) is 74.7 Å². The number of piperidine rings is 1. The average molecular weight is 568 g/mol. The van der Waals surface area contributed by atoms with Gasteiger partial charge in [-0.05, 0) is 110 Å². The fourth-order valence-electron chi connectivity index (χ4n) is 7.30. The first kappa shape index (κ1) is 28.7. The quantitative estimate of drug-likeness (QED) is 0.295. The van der Waals surface area contributed by atoms with Gasteiger partial charge in [0.15, 0.2) is 0 Å². The molecule has 6 rings (SSSR count). The standard InChI is InChI=1S/C36H44N2O4/c1-22-6-5-7-23(2)38(22)21-30-18-28(12-14-31(30)27-16-17-37-34(20-27)41-4)32-15-13-25-8-11-29(19-33(25)42-32)35(26-9-10-26)24(3)36(39)40/h8,11-12,14,16-20,22-24,26,32,35H,5-7,9-10,13,15,21H2,1-4H3,(H,39,40)/p-1/t22-,23-,24-,32?,35-/m0/s1. The highest BCUT2D eigenvalue weighted by molar-refractivity contribution is 5.69. The van der Waals surface area contributed by atoms with E-state index in [0.29, 0.717) is 23.9 Å². The normalized spacial score (nSPS) is 23.9. The number of carbonyl (C=O) groups excluding carboxylic acids is 1. The van der Waals surface area contributed by atoms with E-state index < -0.39 is 11.9 Å². The Morgan fingerprint density at radius 3 is 2.55 bits per heavy atom. The van der Waals surface area contributed by atoms with Crippen LogP contribution in [-0.4, -0.2) is 35.0 Å². The van der Waals surface area contributed by atoms with Crippen molar-refractivity contribution >= 4 is 5.97 Å². The summed E-state index contributed by atoms with van der Waals surface area (Å²) in [5, 5.41) is 11.8. The Balaban J connectivity index is 1.32. The molecule has 0 spiro atoms.